The lowest BCUT2D eigenvalue weighted by atomic mass is 9.86. The van der Waals surface area contributed by atoms with Gasteiger partial charge in [-0.3, -0.25) is 4.79 Å². The molecule has 6 saturated heterocycles. The molecule has 6 aliphatic rings. The highest BCUT2D eigenvalue weighted by molar-refractivity contribution is 6.76. The monoisotopic (exact) mass is 1250 g/mol. The van der Waals surface area contributed by atoms with Gasteiger partial charge in [0.1, 0.15) is 61.7 Å². The molecule has 0 saturated carbocycles. The van der Waals surface area contributed by atoms with Crippen LogP contribution in [0.3, 0.4) is 0 Å². The van der Waals surface area contributed by atoms with E-state index < -0.39 is 151 Å². The van der Waals surface area contributed by atoms with Crippen LogP contribution in [0.1, 0.15) is 142 Å². The molecular weight excluding hydrogens is 1140 g/mol. The van der Waals surface area contributed by atoms with Crippen molar-refractivity contribution >= 4 is 30.7 Å². The maximum Gasteiger partial charge on any atom is 0.303 e. The molecule has 6 aliphatic heterocycles. The Morgan fingerprint density at radius 1 is 0.635 bits per heavy atom. The summed E-state index contributed by atoms with van der Waals surface area (Å²) in [4.78, 5) is 12.7. The molecule has 1 aromatic rings. The van der Waals surface area contributed by atoms with Gasteiger partial charge >= 0.3 is 5.97 Å². The zero-order chi connectivity index (χ0) is 63.3. The van der Waals surface area contributed by atoms with Crippen molar-refractivity contribution in [1.82, 2.24) is 0 Å². The summed E-state index contributed by atoms with van der Waals surface area (Å²) in [5.41, 5.74) is 2.50. The van der Waals surface area contributed by atoms with E-state index in [1.807, 2.05) is 92.6 Å². The van der Waals surface area contributed by atoms with Crippen LogP contribution in [-0.2, 0) is 86.6 Å². The van der Waals surface area contributed by atoms with Crippen LogP contribution >= 0.6 is 0 Å². The van der Waals surface area contributed by atoms with Gasteiger partial charge in [-0.15, -0.1) is 0 Å². The first-order chi connectivity index (χ1) is 39.0. The van der Waals surface area contributed by atoms with Crippen molar-refractivity contribution < 1.29 is 80.0 Å². The van der Waals surface area contributed by atoms with Gasteiger partial charge in [0.05, 0.1) is 49.8 Å². The van der Waals surface area contributed by atoms with Crippen LogP contribution in [0.2, 0.25) is 61.9 Å². The van der Waals surface area contributed by atoms with Crippen molar-refractivity contribution in [3.63, 3.8) is 0 Å². The van der Waals surface area contributed by atoms with E-state index in [9.17, 15) is 4.79 Å². The van der Waals surface area contributed by atoms with E-state index in [1.54, 1.807) is 0 Å². The Hall–Kier alpha value is -1.78. The minimum Gasteiger partial charge on any atom is -0.455 e. The van der Waals surface area contributed by atoms with Crippen LogP contribution in [0.4, 0.5) is 0 Å². The average Bonchev–Trinajstić information content (AvgIpc) is 1.89. The van der Waals surface area contributed by atoms with Gasteiger partial charge in [-0.25, -0.2) is 0 Å². The third-order valence-corrected chi connectivity index (χ3v) is 28.9. The zero-order valence-corrected chi connectivity index (χ0v) is 59.3. The standard InChI is InChI=1S/C65H112O17Si3/c1-40(2)50(70-42(4)66)58-59(80-65(17,18)79-58)57-54-47(73-62(11,12)77-54)35-45(71-57)44(81-84(22,23)60(5,6)7)32-31-41(3)51(82-85(24,25)61(8,9)10)52(69-39-67-33-34-83(19,20)21)46-36-48-53(76-63(13,14)74-48)56(72-46)55-49(75-64(15,16)78-55)38-68-37-43-29-27-26-28-30-43/h26-30,44-59H,1,3,31-39H2,2,4-25H3/t44-,45-,46-,47-,48-,49-,50?,51-,52+,53-,54-,55+,56-,57-,58+,59-/m1/s1. The Labute approximate surface area is 514 Å². The van der Waals surface area contributed by atoms with Gasteiger partial charge < -0.3 is 75.2 Å². The Balaban J connectivity index is 1.26. The summed E-state index contributed by atoms with van der Waals surface area (Å²) < 4.78 is 110. The van der Waals surface area contributed by atoms with Gasteiger partial charge in [0.25, 0.3) is 0 Å². The second kappa shape index (κ2) is 26.8. The molecule has 1 aromatic carbocycles. The van der Waals surface area contributed by atoms with Crippen LogP contribution in [0.25, 0.3) is 0 Å². The number of carbonyl (C=O) groups excluding carboxylic acids is 1. The van der Waals surface area contributed by atoms with Gasteiger partial charge in [0.15, 0.2) is 45.9 Å². The number of ether oxygens (including phenoxy) is 14. The summed E-state index contributed by atoms with van der Waals surface area (Å²) in [6, 6.07) is 11.1. The summed E-state index contributed by atoms with van der Waals surface area (Å²) in [6.45, 7) is 58.5. The predicted octanol–water partition coefficient (Wildman–Crippen LogP) is 12.9. The quantitative estimate of drug-likeness (QED) is 0.0282. The first kappa shape index (κ1) is 70.7. The summed E-state index contributed by atoms with van der Waals surface area (Å²) in [7, 11) is -6.63. The van der Waals surface area contributed by atoms with Crippen molar-refractivity contribution in [1.29, 1.82) is 0 Å². The highest BCUT2D eigenvalue weighted by atomic mass is 28.4. The van der Waals surface area contributed by atoms with Crippen molar-refractivity contribution in [2.75, 3.05) is 20.0 Å². The maximum absolute atomic E-state index is 12.7. The van der Waals surface area contributed by atoms with Crippen molar-refractivity contribution in [2.24, 2.45) is 0 Å². The fraction of sp³-hybridized carbons (Fsp3) is 0.831. The highest BCUT2D eigenvalue weighted by Gasteiger charge is 2.62. The Morgan fingerprint density at radius 2 is 1.14 bits per heavy atom. The number of carbonyl (C=O) groups is 1. The van der Waals surface area contributed by atoms with Crippen LogP contribution in [0.5, 0.6) is 0 Å². The lowest BCUT2D eigenvalue weighted by molar-refractivity contribution is -0.237. The summed E-state index contributed by atoms with van der Waals surface area (Å²) in [5, 5.41) is -0.356. The van der Waals surface area contributed by atoms with Crippen LogP contribution in [-0.4, -0.2) is 171 Å². The van der Waals surface area contributed by atoms with Crippen molar-refractivity contribution in [3.05, 3.63) is 60.2 Å². The van der Waals surface area contributed by atoms with Gasteiger partial charge in [-0.05, 0) is 134 Å². The molecule has 0 bridgehead atoms. The fourth-order valence-electron chi connectivity index (χ4n) is 12.0. The van der Waals surface area contributed by atoms with E-state index in [4.69, 9.17) is 81.7 Å². The normalized spacial score (nSPS) is 32.5. The molecule has 16 atom stereocenters. The highest BCUT2D eigenvalue weighted by Crippen LogP contribution is 2.49. The predicted molar refractivity (Wildman–Crippen MR) is 335 cm³/mol. The van der Waals surface area contributed by atoms with Gasteiger partial charge in [0.2, 0.25) is 0 Å². The van der Waals surface area contributed by atoms with Crippen molar-refractivity contribution in [2.45, 2.75) is 326 Å². The first-order valence-corrected chi connectivity index (χ1v) is 40.9. The molecule has 0 N–H and O–H groups in total. The van der Waals surface area contributed by atoms with Crippen LogP contribution < -0.4 is 0 Å². The molecule has 7 rings (SSSR count). The minimum atomic E-state index is -2.64. The van der Waals surface area contributed by atoms with Gasteiger partial charge in [-0.2, -0.15) is 0 Å². The third kappa shape index (κ3) is 18.3. The zero-order valence-electron chi connectivity index (χ0n) is 56.3. The topological polar surface area (TPSA) is 165 Å². The number of fused-ring (bicyclic) bond motifs is 2. The van der Waals surface area contributed by atoms with Crippen LogP contribution in [0.15, 0.2) is 54.6 Å². The number of benzene rings is 1. The molecule has 6 fully saturated rings. The smallest absolute Gasteiger partial charge is 0.303 e. The summed E-state index contributed by atoms with van der Waals surface area (Å²) in [6.07, 6.45) is -7.73. The number of esters is 1. The van der Waals surface area contributed by atoms with Crippen molar-refractivity contribution in [3.8, 4) is 0 Å². The van der Waals surface area contributed by atoms with Crippen LogP contribution in [0, 0.1) is 0 Å². The lowest BCUT2D eigenvalue weighted by Gasteiger charge is -2.47. The molecule has 0 radical (unpaired) electrons. The molecule has 1 unspecified atom stereocenters. The van der Waals surface area contributed by atoms with Gasteiger partial charge in [0, 0.05) is 34.4 Å². The average molecular weight is 1250 g/mol. The van der Waals surface area contributed by atoms with E-state index in [0.717, 1.165) is 17.2 Å². The SMILES string of the molecule is C=C(C)C(OC(C)=O)[C@@H]1OC(C)(C)O[C@@H]1[C@@H]1O[C@@H]([C@@H](CCC(=C)[C@@H](O[Si](C)(C)C(C)(C)C)[C@@H](OCOCC[Si](C)(C)C)[C@H]2C[C@H]3OC(C)(C)O[C@H]3[C@H]([C@H]3OC(C)(C)O[C@@H]3COCc3ccccc3)O2)O[Si](C)(C)C(C)(C)C)C[C@H]2OC(C)(C)O[C@@H]12. The molecule has 20 heteroatoms. The third-order valence-electron chi connectivity index (χ3n) is 18.2. The minimum absolute atomic E-state index is 0.0110. The van der Waals surface area contributed by atoms with E-state index >= 15 is 0 Å². The van der Waals surface area contributed by atoms with E-state index in [2.05, 4.69) is 94.0 Å². The molecule has 0 aliphatic carbocycles. The Bertz CT molecular complexity index is 2390. The molecule has 0 amide bonds. The molecule has 0 aromatic heterocycles. The second-order valence-electron chi connectivity index (χ2n) is 31.0. The lowest BCUT2D eigenvalue weighted by Crippen LogP contribution is -2.60. The van der Waals surface area contributed by atoms with E-state index in [-0.39, 0.29) is 23.5 Å². The molecule has 85 heavy (non-hydrogen) atoms. The Morgan fingerprint density at radius 3 is 1.69 bits per heavy atom. The molecule has 17 nitrogen and oxygen atoms in total. The second-order valence-corrected chi connectivity index (χ2v) is 46.1. The van der Waals surface area contributed by atoms with Gasteiger partial charge in [-0.1, -0.05) is 105 Å². The number of hydrogen-bond donors (Lipinski definition) is 0. The number of hydrogen-bond acceptors (Lipinski definition) is 17. The van der Waals surface area contributed by atoms with E-state index in [1.165, 1.54) is 6.92 Å². The first-order valence-electron chi connectivity index (χ1n) is 31.4. The fourth-order valence-corrected chi connectivity index (χ4v) is 15.4. The molecule has 6 heterocycles. The number of rotatable bonds is 26. The molecular formula is C65H112O17Si3. The molecule has 0 spiro atoms. The maximum atomic E-state index is 12.7. The summed E-state index contributed by atoms with van der Waals surface area (Å²) >= 11 is 0. The molecule has 486 valence electrons. The van der Waals surface area contributed by atoms with E-state index in [0.29, 0.717) is 44.5 Å². The Kier molecular flexibility index (Phi) is 22.3. The summed E-state index contributed by atoms with van der Waals surface area (Å²) in [5.74, 6) is -4.30. The largest absolute Gasteiger partial charge is 0.455 e.